The van der Waals surface area contributed by atoms with Crippen molar-refractivity contribution in [1.29, 1.82) is 0 Å². The van der Waals surface area contributed by atoms with Gasteiger partial charge in [0.1, 0.15) is 4.99 Å². The van der Waals surface area contributed by atoms with Crippen molar-refractivity contribution in [3.05, 3.63) is 29.3 Å². The maximum absolute atomic E-state index is 14.1. The Morgan fingerprint density at radius 1 is 1.35 bits per heavy atom. The lowest BCUT2D eigenvalue weighted by Crippen LogP contribution is -2.37. The molecule has 0 unspecified atom stereocenters. The first-order valence-corrected chi connectivity index (χ1v) is 7.09. The summed E-state index contributed by atoms with van der Waals surface area (Å²) in [5.74, 6) is -1.85. The lowest BCUT2D eigenvalue weighted by Gasteiger charge is -2.33. The fraction of sp³-hybridized carbons (Fsp3) is 0.500. The molecular weight excluding hydrogens is 282 g/mol. The molecule has 20 heavy (non-hydrogen) atoms. The summed E-state index contributed by atoms with van der Waals surface area (Å²) in [6.45, 7) is 3.92. The summed E-state index contributed by atoms with van der Waals surface area (Å²) in [5.41, 5.74) is 5.57. The third-order valence-corrected chi connectivity index (χ3v) is 3.73. The van der Waals surface area contributed by atoms with Crippen LogP contribution in [0.5, 0.6) is 0 Å². The maximum Gasteiger partial charge on any atom is 0.182 e. The SMILES string of the molecule is CCOC1CCN(c2ccc(C(N)=S)c(F)c2F)CC1. The highest BCUT2D eigenvalue weighted by molar-refractivity contribution is 7.80. The van der Waals surface area contributed by atoms with Crippen LogP contribution in [0.4, 0.5) is 14.5 Å². The van der Waals surface area contributed by atoms with Crippen molar-refractivity contribution in [3.8, 4) is 0 Å². The Hall–Kier alpha value is -1.27. The monoisotopic (exact) mass is 300 g/mol. The van der Waals surface area contributed by atoms with Gasteiger partial charge in [0.25, 0.3) is 0 Å². The molecule has 1 heterocycles. The second-order valence-corrected chi connectivity index (χ2v) is 5.21. The van der Waals surface area contributed by atoms with Crippen LogP contribution in [0.3, 0.4) is 0 Å². The molecule has 2 rings (SSSR count). The second-order valence-electron chi connectivity index (χ2n) is 4.77. The van der Waals surface area contributed by atoms with Gasteiger partial charge in [0.2, 0.25) is 0 Å². The zero-order chi connectivity index (χ0) is 14.7. The average Bonchev–Trinajstić information content (AvgIpc) is 2.43. The van der Waals surface area contributed by atoms with Crippen LogP contribution in [0.1, 0.15) is 25.3 Å². The number of piperidine rings is 1. The number of rotatable bonds is 4. The largest absolute Gasteiger partial charge is 0.389 e. The number of nitrogens with two attached hydrogens (primary N) is 1. The van der Waals surface area contributed by atoms with Crippen LogP contribution in [0.15, 0.2) is 12.1 Å². The van der Waals surface area contributed by atoms with Crippen LogP contribution in [0.2, 0.25) is 0 Å². The fourth-order valence-electron chi connectivity index (χ4n) is 2.47. The summed E-state index contributed by atoms with van der Waals surface area (Å²) in [6, 6.07) is 2.97. The van der Waals surface area contributed by atoms with Gasteiger partial charge < -0.3 is 15.4 Å². The molecule has 1 aliphatic heterocycles. The highest BCUT2D eigenvalue weighted by atomic mass is 32.1. The van der Waals surface area contributed by atoms with Gasteiger partial charge in [-0.25, -0.2) is 8.78 Å². The van der Waals surface area contributed by atoms with Gasteiger partial charge in [-0.3, -0.25) is 0 Å². The molecule has 1 aliphatic rings. The van der Waals surface area contributed by atoms with E-state index in [0.717, 1.165) is 12.8 Å². The minimum absolute atomic E-state index is 0.0505. The fourth-order valence-corrected chi connectivity index (χ4v) is 2.63. The summed E-state index contributed by atoms with van der Waals surface area (Å²) in [5, 5.41) is 0. The Morgan fingerprint density at radius 2 is 2.00 bits per heavy atom. The van der Waals surface area contributed by atoms with E-state index in [1.807, 2.05) is 11.8 Å². The highest BCUT2D eigenvalue weighted by Gasteiger charge is 2.24. The first-order valence-electron chi connectivity index (χ1n) is 6.69. The van der Waals surface area contributed by atoms with Crippen LogP contribution >= 0.6 is 12.2 Å². The van der Waals surface area contributed by atoms with E-state index in [1.165, 1.54) is 12.1 Å². The molecule has 3 nitrogen and oxygen atoms in total. The van der Waals surface area contributed by atoms with Gasteiger partial charge in [-0.15, -0.1) is 0 Å². The van der Waals surface area contributed by atoms with Crippen LogP contribution < -0.4 is 10.6 Å². The Kier molecular flexibility index (Phi) is 4.88. The van der Waals surface area contributed by atoms with Crippen LogP contribution in [-0.4, -0.2) is 30.8 Å². The number of thiocarbonyl (C=S) groups is 1. The third-order valence-electron chi connectivity index (χ3n) is 3.51. The molecule has 0 radical (unpaired) electrons. The van der Waals surface area contributed by atoms with Gasteiger partial charge >= 0.3 is 0 Å². The van der Waals surface area contributed by atoms with Gasteiger partial charge in [0, 0.05) is 25.3 Å². The number of nitrogens with zero attached hydrogens (tertiary/aromatic N) is 1. The number of ether oxygens (including phenoxy) is 1. The molecule has 1 fully saturated rings. The van der Waals surface area contributed by atoms with Crippen LogP contribution in [0, 0.1) is 11.6 Å². The van der Waals surface area contributed by atoms with Gasteiger partial charge in [-0.2, -0.15) is 0 Å². The first kappa shape index (κ1) is 15.1. The topological polar surface area (TPSA) is 38.5 Å². The maximum atomic E-state index is 14.1. The number of hydrogen-bond donors (Lipinski definition) is 1. The van der Waals surface area contributed by atoms with Crippen molar-refractivity contribution in [2.75, 3.05) is 24.6 Å². The standard InChI is InChI=1S/C14H18F2N2OS/c1-2-19-9-5-7-18(8-6-9)11-4-3-10(14(17)20)12(15)13(11)16/h3-4,9H,2,5-8H2,1H3,(H2,17,20). The molecule has 0 spiro atoms. The predicted molar refractivity (Wildman–Crippen MR) is 79.1 cm³/mol. The lowest BCUT2D eigenvalue weighted by molar-refractivity contribution is 0.0458. The molecule has 1 aromatic rings. The zero-order valence-electron chi connectivity index (χ0n) is 11.4. The molecule has 0 amide bonds. The Labute approximate surface area is 122 Å². The van der Waals surface area contributed by atoms with Gasteiger partial charge in [0.15, 0.2) is 11.6 Å². The summed E-state index contributed by atoms with van der Waals surface area (Å²) in [4.78, 5) is 1.69. The van der Waals surface area contributed by atoms with Crippen LogP contribution in [-0.2, 0) is 4.74 Å². The number of hydrogen-bond acceptors (Lipinski definition) is 3. The second kappa shape index (κ2) is 6.45. The van der Waals surface area contributed by atoms with Gasteiger partial charge in [-0.05, 0) is 31.9 Å². The molecule has 0 saturated carbocycles. The van der Waals surface area contributed by atoms with E-state index in [-0.39, 0.29) is 22.3 Å². The molecule has 2 N–H and O–H groups in total. The Balaban J connectivity index is 2.15. The molecule has 0 atom stereocenters. The van der Waals surface area contributed by atoms with E-state index in [1.54, 1.807) is 0 Å². The van der Waals surface area contributed by atoms with Crippen molar-refractivity contribution in [2.24, 2.45) is 5.73 Å². The van der Waals surface area contributed by atoms with Crippen molar-refractivity contribution in [3.63, 3.8) is 0 Å². The molecule has 1 saturated heterocycles. The summed E-state index contributed by atoms with van der Waals surface area (Å²) in [7, 11) is 0. The third kappa shape index (κ3) is 3.07. The van der Waals surface area contributed by atoms with Crippen LogP contribution in [0.25, 0.3) is 0 Å². The van der Waals surface area contributed by atoms with E-state index in [0.29, 0.717) is 19.7 Å². The van der Waals surface area contributed by atoms with E-state index < -0.39 is 11.6 Å². The molecule has 6 heteroatoms. The quantitative estimate of drug-likeness (QED) is 0.868. The summed E-state index contributed by atoms with van der Waals surface area (Å²) >= 11 is 4.69. The van der Waals surface area contributed by atoms with Crippen molar-refractivity contribution in [2.45, 2.75) is 25.9 Å². The molecular formula is C14H18F2N2OS. The predicted octanol–water partition coefficient (Wildman–Crippen LogP) is 2.60. The number of anilines is 1. The highest BCUT2D eigenvalue weighted by Crippen LogP contribution is 2.27. The first-order chi connectivity index (χ1) is 9.54. The van der Waals surface area contributed by atoms with Gasteiger partial charge in [-0.1, -0.05) is 12.2 Å². The lowest BCUT2D eigenvalue weighted by atomic mass is 10.1. The molecule has 1 aromatic carbocycles. The summed E-state index contributed by atoms with van der Waals surface area (Å²) < 4.78 is 33.5. The smallest absolute Gasteiger partial charge is 0.182 e. The molecule has 0 bridgehead atoms. The minimum Gasteiger partial charge on any atom is -0.389 e. The summed E-state index contributed by atoms with van der Waals surface area (Å²) in [6.07, 6.45) is 1.83. The van der Waals surface area contributed by atoms with E-state index in [2.05, 4.69) is 0 Å². The van der Waals surface area contributed by atoms with E-state index in [9.17, 15) is 8.78 Å². The number of benzene rings is 1. The zero-order valence-corrected chi connectivity index (χ0v) is 12.2. The Morgan fingerprint density at radius 3 is 2.55 bits per heavy atom. The molecule has 0 aliphatic carbocycles. The van der Waals surface area contributed by atoms with E-state index in [4.69, 9.17) is 22.7 Å². The van der Waals surface area contributed by atoms with Crippen molar-refractivity contribution in [1.82, 2.24) is 0 Å². The van der Waals surface area contributed by atoms with Crippen molar-refractivity contribution >= 4 is 22.9 Å². The normalized spacial score (nSPS) is 16.4. The van der Waals surface area contributed by atoms with E-state index >= 15 is 0 Å². The van der Waals surface area contributed by atoms with Gasteiger partial charge in [0.05, 0.1) is 11.8 Å². The van der Waals surface area contributed by atoms with Crippen molar-refractivity contribution < 1.29 is 13.5 Å². The molecule has 0 aromatic heterocycles. The molecule has 110 valence electrons. The minimum atomic E-state index is -0.970. The number of halogens is 2. The Bertz CT molecular complexity index is 502. The average molecular weight is 300 g/mol.